The third-order valence-electron chi connectivity index (χ3n) is 2.79. The number of halogens is 4. The van der Waals surface area contributed by atoms with Crippen molar-refractivity contribution in [1.82, 2.24) is 10.3 Å². The predicted molar refractivity (Wildman–Crippen MR) is 61.1 cm³/mol. The number of nitrogens with one attached hydrogen (secondary N) is 1. The number of piperidine rings is 1. The minimum atomic E-state index is -4.36. The molecule has 1 aromatic heterocycles. The largest absolute Gasteiger partial charge is 0.433 e. The topological polar surface area (TPSA) is 24.9 Å². The van der Waals surface area contributed by atoms with Crippen LogP contribution in [0.4, 0.5) is 13.2 Å². The molecule has 0 radical (unpaired) electrons. The zero-order chi connectivity index (χ0) is 11.6. The highest BCUT2D eigenvalue weighted by atomic mass is 35.5. The molecule has 0 saturated carbocycles. The van der Waals surface area contributed by atoms with Crippen LogP contribution < -0.4 is 5.32 Å². The molecule has 17 heavy (non-hydrogen) atoms. The number of nitrogens with zero attached hydrogens (tertiary/aromatic N) is 1. The van der Waals surface area contributed by atoms with Crippen molar-refractivity contribution in [3.05, 3.63) is 29.6 Å². The average Bonchev–Trinajstić information content (AvgIpc) is 2.29. The van der Waals surface area contributed by atoms with Crippen molar-refractivity contribution in [2.75, 3.05) is 6.54 Å². The van der Waals surface area contributed by atoms with Crippen molar-refractivity contribution in [2.45, 2.75) is 31.5 Å². The van der Waals surface area contributed by atoms with Crippen molar-refractivity contribution < 1.29 is 13.2 Å². The fraction of sp³-hybridized carbons (Fsp3) is 0.545. The Morgan fingerprint density at radius 3 is 2.65 bits per heavy atom. The lowest BCUT2D eigenvalue weighted by atomic mass is 9.98. The van der Waals surface area contributed by atoms with Crippen LogP contribution in [-0.2, 0) is 6.18 Å². The van der Waals surface area contributed by atoms with E-state index in [0.29, 0.717) is 5.56 Å². The summed E-state index contributed by atoms with van der Waals surface area (Å²) in [5.74, 6) is 0. The van der Waals surface area contributed by atoms with Crippen LogP contribution in [0.3, 0.4) is 0 Å². The Labute approximate surface area is 104 Å². The summed E-state index contributed by atoms with van der Waals surface area (Å²) in [5, 5.41) is 3.22. The Morgan fingerprint density at radius 2 is 2.06 bits per heavy atom. The number of pyridine rings is 1. The van der Waals surface area contributed by atoms with Gasteiger partial charge in [0.15, 0.2) is 0 Å². The van der Waals surface area contributed by atoms with Crippen molar-refractivity contribution in [3.63, 3.8) is 0 Å². The molecule has 2 nitrogen and oxygen atoms in total. The number of aromatic nitrogens is 1. The molecule has 0 aromatic carbocycles. The van der Waals surface area contributed by atoms with E-state index in [1.54, 1.807) is 6.07 Å². The maximum absolute atomic E-state index is 12.5. The number of hydrogen-bond acceptors (Lipinski definition) is 2. The molecule has 1 aliphatic rings. The van der Waals surface area contributed by atoms with Crippen LogP contribution in [-0.4, -0.2) is 11.5 Å². The van der Waals surface area contributed by atoms with Crippen molar-refractivity contribution in [2.24, 2.45) is 0 Å². The number of hydrogen-bond donors (Lipinski definition) is 1. The Balaban J connectivity index is 0.00000144. The van der Waals surface area contributed by atoms with Crippen LogP contribution in [0.1, 0.15) is 36.6 Å². The molecule has 2 rings (SSSR count). The highest BCUT2D eigenvalue weighted by Gasteiger charge is 2.33. The molecule has 96 valence electrons. The first-order valence-corrected chi connectivity index (χ1v) is 5.34. The van der Waals surface area contributed by atoms with E-state index < -0.39 is 11.9 Å². The van der Waals surface area contributed by atoms with E-state index in [2.05, 4.69) is 10.3 Å². The lowest BCUT2D eigenvalue weighted by molar-refractivity contribution is -0.141. The summed E-state index contributed by atoms with van der Waals surface area (Å²) in [6.07, 6.45) is -0.0878. The van der Waals surface area contributed by atoms with Crippen molar-refractivity contribution in [3.8, 4) is 0 Å². The molecule has 0 amide bonds. The smallest absolute Gasteiger partial charge is 0.310 e. The number of alkyl halides is 3. The van der Waals surface area contributed by atoms with Crippen LogP contribution in [0.25, 0.3) is 0 Å². The van der Waals surface area contributed by atoms with E-state index in [4.69, 9.17) is 0 Å². The Bertz CT molecular complexity index is 362. The van der Waals surface area contributed by atoms with Gasteiger partial charge in [-0.25, -0.2) is 0 Å². The van der Waals surface area contributed by atoms with Gasteiger partial charge >= 0.3 is 6.18 Å². The summed E-state index contributed by atoms with van der Waals surface area (Å²) < 4.78 is 37.4. The third-order valence-corrected chi connectivity index (χ3v) is 2.79. The van der Waals surface area contributed by atoms with Gasteiger partial charge in [-0.15, -0.1) is 12.4 Å². The fourth-order valence-corrected chi connectivity index (χ4v) is 1.95. The standard InChI is InChI=1S/C11H13F3N2.ClH/c12-11(13,14)10-7-8(4-6-16-10)9-3-1-2-5-15-9;/h4,6-7,9,15H,1-3,5H2;1H. The van der Waals surface area contributed by atoms with Gasteiger partial charge in [-0.3, -0.25) is 4.98 Å². The monoisotopic (exact) mass is 266 g/mol. The van der Waals surface area contributed by atoms with Crippen molar-refractivity contribution in [1.29, 1.82) is 0 Å². The summed E-state index contributed by atoms with van der Waals surface area (Å²) >= 11 is 0. The fourth-order valence-electron chi connectivity index (χ4n) is 1.95. The second kappa shape index (κ2) is 5.69. The first-order chi connectivity index (χ1) is 7.57. The quantitative estimate of drug-likeness (QED) is 0.843. The zero-order valence-electron chi connectivity index (χ0n) is 9.13. The highest BCUT2D eigenvalue weighted by molar-refractivity contribution is 5.85. The molecule has 1 saturated heterocycles. The van der Waals surface area contributed by atoms with E-state index in [1.165, 1.54) is 6.20 Å². The normalized spacial score (nSPS) is 20.8. The van der Waals surface area contributed by atoms with Crippen molar-refractivity contribution >= 4 is 12.4 Å². The van der Waals surface area contributed by atoms with E-state index in [-0.39, 0.29) is 18.4 Å². The molecule has 1 N–H and O–H groups in total. The molecule has 6 heteroatoms. The number of rotatable bonds is 1. The summed E-state index contributed by atoms with van der Waals surface area (Å²) in [6, 6.07) is 2.83. The molecule has 1 aliphatic heterocycles. The van der Waals surface area contributed by atoms with Crippen LogP contribution >= 0.6 is 12.4 Å². The lowest BCUT2D eigenvalue weighted by Gasteiger charge is -2.24. The SMILES string of the molecule is Cl.FC(F)(F)c1cc(C2CCCCN2)ccn1. The maximum Gasteiger partial charge on any atom is 0.433 e. The van der Waals surface area contributed by atoms with E-state index in [1.807, 2.05) is 0 Å². The maximum atomic E-state index is 12.5. The van der Waals surface area contributed by atoms with E-state index >= 15 is 0 Å². The lowest BCUT2D eigenvalue weighted by Crippen LogP contribution is -2.27. The molecule has 1 unspecified atom stereocenters. The summed E-state index contributed by atoms with van der Waals surface area (Å²) in [4.78, 5) is 3.35. The predicted octanol–water partition coefficient (Wildman–Crippen LogP) is 3.34. The molecule has 0 aliphatic carbocycles. The van der Waals surface area contributed by atoms with Gasteiger partial charge < -0.3 is 5.32 Å². The molecule has 2 heterocycles. The minimum Gasteiger partial charge on any atom is -0.310 e. The van der Waals surface area contributed by atoms with Gasteiger partial charge in [0.05, 0.1) is 0 Å². The minimum absolute atomic E-state index is 0. The Hall–Kier alpha value is -0.810. The van der Waals surface area contributed by atoms with Crippen LogP contribution in [0.5, 0.6) is 0 Å². The molecule has 0 spiro atoms. The van der Waals surface area contributed by atoms with Crippen LogP contribution in [0.2, 0.25) is 0 Å². The first kappa shape index (κ1) is 14.3. The average molecular weight is 267 g/mol. The molecule has 1 atom stereocenters. The van der Waals surface area contributed by atoms with Crippen LogP contribution in [0.15, 0.2) is 18.3 Å². The van der Waals surface area contributed by atoms with Gasteiger partial charge in [0.1, 0.15) is 5.69 Å². The first-order valence-electron chi connectivity index (χ1n) is 5.34. The summed E-state index contributed by atoms with van der Waals surface area (Å²) in [5.41, 5.74) is -0.126. The van der Waals surface area contributed by atoms with Gasteiger partial charge in [0.2, 0.25) is 0 Å². The second-order valence-corrected chi connectivity index (χ2v) is 3.97. The molecular weight excluding hydrogens is 253 g/mol. The Kier molecular flexibility index (Phi) is 4.77. The summed E-state index contributed by atoms with van der Waals surface area (Å²) in [6.45, 7) is 0.869. The second-order valence-electron chi connectivity index (χ2n) is 3.97. The van der Waals surface area contributed by atoms with E-state index in [0.717, 1.165) is 31.9 Å². The van der Waals surface area contributed by atoms with Gasteiger partial charge in [0, 0.05) is 12.2 Å². The Morgan fingerprint density at radius 1 is 1.29 bits per heavy atom. The molecule has 0 bridgehead atoms. The zero-order valence-corrected chi connectivity index (χ0v) is 9.94. The molecule has 1 aromatic rings. The van der Waals surface area contributed by atoms with E-state index in [9.17, 15) is 13.2 Å². The van der Waals surface area contributed by atoms with Gasteiger partial charge in [-0.2, -0.15) is 13.2 Å². The molecule has 1 fully saturated rings. The summed E-state index contributed by atoms with van der Waals surface area (Å²) in [7, 11) is 0. The molecular formula is C11H14ClF3N2. The van der Waals surface area contributed by atoms with Gasteiger partial charge in [-0.05, 0) is 37.1 Å². The third kappa shape index (κ3) is 3.57. The van der Waals surface area contributed by atoms with Gasteiger partial charge in [0.25, 0.3) is 0 Å². The van der Waals surface area contributed by atoms with Gasteiger partial charge in [-0.1, -0.05) is 6.42 Å². The van der Waals surface area contributed by atoms with Crippen LogP contribution in [0, 0.1) is 0 Å². The highest BCUT2D eigenvalue weighted by Crippen LogP contribution is 2.30.